The van der Waals surface area contributed by atoms with Gasteiger partial charge in [0.2, 0.25) is 0 Å². The van der Waals surface area contributed by atoms with Gasteiger partial charge in [0.1, 0.15) is 5.75 Å². The number of nitrogens with two attached hydrogens (primary N) is 1. The minimum absolute atomic E-state index is 0.225. The van der Waals surface area contributed by atoms with E-state index < -0.39 is 0 Å². The molecule has 0 aromatic heterocycles. The monoisotopic (exact) mass is 220 g/mol. The Kier molecular flexibility index (Phi) is 4.83. The maximum atomic E-state index is 5.71. The van der Waals surface area contributed by atoms with E-state index in [1.165, 1.54) is 0 Å². The van der Waals surface area contributed by atoms with Gasteiger partial charge < -0.3 is 10.5 Å². The minimum atomic E-state index is 0.225. The first-order valence-electron chi connectivity index (χ1n) is 5.75. The van der Waals surface area contributed by atoms with Crippen LogP contribution in [0.15, 0.2) is 29.3 Å². The molecule has 0 aliphatic heterocycles. The molecule has 3 heteroatoms. The Hall–Kier alpha value is -1.51. The normalized spacial score (nSPS) is 13.6. The molecule has 3 nitrogen and oxygen atoms in total. The molecule has 0 radical (unpaired) electrons. The molecule has 1 rings (SSSR count). The Morgan fingerprint density at radius 3 is 2.81 bits per heavy atom. The number of benzene rings is 1. The molecule has 88 valence electrons. The van der Waals surface area contributed by atoms with Crippen LogP contribution >= 0.6 is 0 Å². The van der Waals surface area contributed by atoms with Gasteiger partial charge in [-0.15, -0.1) is 0 Å². The summed E-state index contributed by atoms with van der Waals surface area (Å²) in [6, 6.07) is 7.70. The number of nitrogens with zero attached hydrogens (tertiary/aromatic N) is 1. The Balaban J connectivity index is 2.79. The van der Waals surface area contributed by atoms with Crippen LogP contribution in [0.4, 0.5) is 5.69 Å². The second-order valence-corrected chi connectivity index (χ2v) is 3.79. The second kappa shape index (κ2) is 6.16. The van der Waals surface area contributed by atoms with Gasteiger partial charge >= 0.3 is 0 Å². The fourth-order valence-corrected chi connectivity index (χ4v) is 1.19. The molecule has 1 aromatic carbocycles. The molecule has 0 amide bonds. The standard InChI is InChI=1S/C13H20N2O/c1-4-10(3)16-12-8-6-7-11(9-12)15-13(14)5-2/h6-10H,4-5H2,1-3H3,(H2,14,15). The van der Waals surface area contributed by atoms with Crippen LogP contribution in [0.3, 0.4) is 0 Å². The van der Waals surface area contributed by atoms with E-state index in [1.54, 1.807) is 0 Å². The molecule has 0 heterocycles. The average Bonchev–Trinajstić information content (AvgIpc) is 2.29. The van der Waals surface area contributed by atoms with Crippen molar-refractivity contribution in [2.24, 2.45) is 10.7 Å². The van der Waals surface area contributed by atoms with E-state index in [4.69, 9.17) is 10.5 Å². The highest BCUT2D eigenvalue weighted by molar-refractivity contribution is 5.82. The Labute approximate surface area is 97.3 Å². The van der Waals surface area contributed by atoms with Crippen molar-refractivity contribution in [1.29, 1.82) is 0 Å². The lowest BCUT2D eigenvalue weighted by molar-refractivity contribution is 0.217. The van der Waals surface area contributed by atoms with Crippen molar-refractivity contribution in [3.8, 4) is 5.75 Å². The van der Waals surface area contributed by atoms with Gasteiger partial charge in [-0.05, 0) is 25.5 Å². The molecular formula is C13H20N2O. The lowest BCUT2D eigenvalue weighted by Crippen LogP contribution is -2.10. The van der Waals surface area contributed by atoms with Crippen LogP contribution in [-0.4, -0.2) is 11.9 Å². The van der Waals surface area contributed by atoms with E-state index in [2.05, 4.69) is 18.8 Å². The molecule has 0 aliphatic rings. The van der Waals surface area contributed by atoms with Gasteiger partial charge in [0.15, 0.2) is 0 Å². The lowest BCUT2D eigenvalue weighted by Gasteiger charge is -2.12. The van der Waals surface area contributed by atoms with Crippen LogP contribution in [-0.2, 0) is 0 Å². The van der Waals surface area contributed by atoms with Crippen molar-refractivity contribution < 1.29 is 4.74 Å². The molecule has 0 fully saturated rings. The summed E-state index contributed by atoms with van der Waals surface area (Å²) in [6.45, 7) is 6.14. The van der Waals surface area contributed by atoms with Crippen LogP contribution in [0.5, 0.6) is 5.75 Å². The molecular weight excluding hydrogens is 200 g/mol. The van der Waals surface area contributed by atoms with E-state index in [0.29, 0.717) is 5.84 Å². The van der Waals surface area contributed by atoms with E-state index in [0.717, 1.165) is 24.3 Å². The zero-order valence-electron chi connectivity index (χ0n) is 10.2. The molecule has 0 saturated carbocycles. The van der Waals surface area contributed by atoms with E-state index >= 15 is 0 Å². The number of ether oxygens (including phenoxy) is 1. The smallest absolute Gasteiger partial charge is 0.121 e. The van der Waals surface area contributed by atoms with Crippen molar-refractivity contribution in [3.63, 3.8) is 0 Å². The first-order valence-corrected chi connectivity index (χ1v) is 5.75. The van der Waals surface area contributed by atoms with E-state index in [-0.39, 0.29) is 6.10 Å². The summed E-state index contributed by atoms with van der Waals surface area (Å²) < 4.78 is 5.71. The summed E-state index contributed by atoms with van der Waals surface area (Å²) in [6.07, 6.45) is 1.98. The van der Waals surface area contributed by atoms with Gasteiger partial charge in [0.05, 0.1) is 17.6 Å². The SMILES string of the molecule is CCC(N)=Nc1cccc(OC(C)CC)c1. The second-order valence-electron chi connectivity index (χ2n) is 3.79. The summed E-state index contributed by atoms with van der Waals surface area (Å²) in [5.41, 5.74) is 6.54. The predicted molar refractivity (Wildman–Crippen MR) is 68.4 cm³/mol. The first-order chi connectivity index (χ1) is 7.65. The van der Waals surface area contributed by atoms with Gasteiger partial charge in [-0.3, -0.25) is 0 Å². The van der Waals surface area contributed by atoms with Crippen LogP contribution < -0.4 is 10.5 Å². The number of rotatable bonds is 5. The average molecular weight is 220 g/mol. The van der Waals surface area contributed by atoms with Crippen molar-refractivity contribution in [1.82, 2.24) is 0 Å². The quantitative estimate of drug-likeness (QED) is 0.611. The first kappa shape index (κ1) is 12.6. The maximum absolute atomic E-state index is 5.71. The fourth-order valence-electron chi connectivity index (χ4n) is 1.19. The van der Waals surface area contributed by atoms with Crippen molar-refractivity contribution in [2.45, 2.75) is 39.7 Å². The molecule has 0 aliphatic carbocycles. The highest BCUT2D eigenvalue weighted by Crippen LogP contribution is 2.21. The van der Waals surface area contributed by atoms with Gasteiger partial charge in [-0.25, -0.2) is 4.99 Å². The third-order valence-electron chi connectivity index (χ3n) is 2.36. The molecule has 1 atom stereocenters. The Morgan fingerprint density at radius 1 is 1.44 bits per heavy atom. The van der Waals surface area contributed by atoms with E-state index in [1.807, 2.05) is 31.2 Å². The van der Waals surface area contributed by atoms with Crippen molar-refractivity contribution >= 4 is 11.5 Å². The number of aliphatic imine (C=N–C) groups is 1. The van der Waals surface area contributed by atoms with Gasteiger partial charge in [-0.2, -0.15) is 0 Å². The van der Waals surface area contributed by atoms with Crippen molar-refractivity contribution in [3.05, 3.63) is 24.3 Å². The largest absolute Gasteiger partial charge is 0.491 e. The zero-order chi connectivity index (χ0) is 12.0. The maximum Gasteiger partial charge on any atom is 0.121 e. The van der Waals surface area contributed by atoms with Gasteiger partial charge in [-0.1, -0.05) is 19.9 Å². The van der Waals surface area contributed by atoms with Crippen LogP contribution in [0, 0.1) is 0 Å². The third-order valence-corrected chi connectivity index (χ3v) is 2.36. The van der Waals surface area contributed by atoms with Gasteiger partial charge in [0.25, 0.3) is 0 Å². The Morgan fingerprint density at radius 2 is 2.19 bits per heavy atom. The zero-order valence-corrected chi connectivity index (χ0v) is 10.2. The summed E-state index contributed by atoms with van der Waals surface area (Å²) >= 11 is 0. The molecule has 16 heavy (non-hydrogen) atoms. The topological polar surface area (TPSA) is 47.6 Å². The molecule has 0 saturated heterocycles. The van der Waals surface area contributed by atoms with Crippen LogP contribution in [0.2, 0.25) is 0 Å². The van der Waals surface area contributed by atoms with Crippen LogP contribution in [0.25, 0.3) is 0 Å². The molecule has 0 bridgehead atoms. The highest BCUT2D eigenvalue weighted by atomic mass is 16.5. The van der Waals surface area contributed by atoms with Crippen LogP contribution in [0.1, 0.15) is 33.6 Å². The Bertz CT molecular complexity index is 361. The molecule has 0 spiro atoms. The number of amidine groups is 1. The minimum Gasteiger partial charge on any atom is -0.491 e. The highest BCUT2D eigenvalue weighted by Gasteiger charge is 2.01. The molecule has 2 N–H and O–H groups in total. The molecule has 1 unspecified atom stereocenters. The predicted octanol–water partition coefficient (Wildman–Crippen LogP) is 3.26. The van der Waals surface area contributed by atoms with Crippen molar-refractivity contribution in [2.75, 3.05) is 0 Å². The summed E-state index contributed by atoms with van der Waals surface area (Å²) in [4.78, 5) is 4.29. The fraction of sp³-hybridized carbons (Fsp3) is 0.462. The third kappa shape index (κ3) is 3.93. The number of hydrogen-bond acceptors (Lipinski definition) is 2. The van der Waals surface area contributed by atoms with E-state index in [9.17, 15) is 0 Å². The number of hydrogen-bond donors (Lipinski definition) is 1. The summed E-state index contributed by atoms with van der Waals surface area (Å²) in [5, 5.41) is 0. The van der Waals surface area contributed by atoms with Gasteiger partial charge in [0, 0.05) is 12.5 Å². The molecule has 1 aromatic rings. The summed E-state index contributed by atoms with van der Waals surface area (Å²) in [7, 11) is 0. The summed E-state index contributed by atoms with van der Waals surface area (Å²) in [5.74, 6) is 1.49. The lowest BCUT2D eigenvalue weighted by atomic mass is 10.3.